The van der Waals surface area contributed by atoms with Crippen molar-refractivity contribution in [3.63, 3.8) is 0 Å². The first-order valence-corrected chi connectivity index (χ1v) is 7.69. The zero-order valence-corrected chi connectivity index (χ0v) is 12.3. The molecule has 106 valence electrons. The Morgan fingerprint density at radius 2 is 2.11 bits per heavy atom. The highest BCUT2D eigenvalue weighted by Gasteiger charge is 2.24. The van der Waals surface area contributed by atoms with Crippen LogP contribution in [0, 0.1) is 5.92 Å². The van der Waals surface area contributed by atoms with Crippen molar-refractivity contribution in [2.24, 2.45) is 5.92 Å². The molecule has 1 aliphatic heterocycles. The van der Waals surface area contributed by atoms with Crippen LogP contribution in [0.1, 0.15) is 49.8 Å². The predicted molar refractivity (Wildman–Crippen MR) is 80.4 cm³/mol. The number of hydrogen-bond acceptors (Lipinski definition) is 2. The Morgan fingerprint density at radius 1 is 1.32 bits per heavy atom. The van der Waals surface area contributed by atoms with Gasteiger partial charge in [-0.25, -0.2) is 0 Å². The summed E-state index contributed by atoms with van der Waals surface area (Å²) in [4.78, 5) is 0. The lowest BCUT2D eigenvalue weighted by atomic mass is 9.88. The fourth-order valence-electron chi connectivity index (χ4n) is 2.98. The number of unbranched alkanes of at least 4 members (excludes halogenated alkanes) is 1. The fraction of sp³-hybridized carbons (Fsp3) is 0.647. The van der Waals surface area contributed by atoms with Gasteiger partial charge in [0.15, 0.2) is 0 Å². The van der Waals surface area contributed by atoms with Crippen molar-refractivity contribution in [2.45, 2.75) is 45.1 Å². The summed E-state index contributed by atoms with van der Waals surface area (Å²) in [5.41, 5.74) is 2.86. The summed E-state index contributed by atoms with van der Waals surface area (Å²) in [5, 5.41) is 3.47. The van der Waals surface area contributed by atoms with Crippen molar-refractivity contribution < 1.29 is 4.74 Å². The van der Waals surface area contributed by atoms with Crippen molar-refractivity contribution in [1.82, 2.24) is 5.32 Å². The van der Waals surface area contributed by atoms with Crippen molar-refractivity contribution >= 4 is 0 Å². The number of hydrogen-bond donors (Lipinski definition) is 1. The van der Waals surface area contributed by atoms with Crippen LogP contribution in [0.15, 0.2) is 24.3 Å². The van der Waals surface area contributed by atoms with Gasteiger partial charge in [0.25, 0.3) is 0 Å². The van der Waals surface area contributed by atoms with Crippen molar-refractivity contribution in [3.8, 4) is 0 Å². The lowest BCUT2D eigenvalue weighted by molar-refractivity contribution is 0.0402. The maximum Gasteiger partial charge on any atom is 0.0512 e. The van der Waals surface area contributed by atoms with Crippen molar-refractivity contribution in [1.29, 1.82) is 0 Å². The van der Waals surface area contributed by atoms with E-state index in [0.29, 0.717) is 12.0 Å². The van der Waals surface area contributed by atoms with E-state index in [9.17, 15) is 0 Å². The molecule has 1 heterocycles. The second-order valence-corrected chi connectivity index (χ2v) is 5.59. The van der Waals surface area contributed by atoms with Gasteiger partial charge in [0.1, 0.15) is 0 Å². The zero-order chi connectivity index (χ0) is 13.5. The van der Waals surface area contributed by atoms with Crippen LogP contribution in [0.2, 0.25) is 0 Å². The maximum absolute atomic E-state index is 5.62. The molecule has 2 heteroatoms. The average molecular weight is 261 g/mol. The molecule has 1 N–H and O–H groups in total. The van der Waals surface area contributed by atoms with Gasteiger partial charge in [-0.15, -0.1) is 0 Å². The number of nitrogens with one attached hydrogen (secondary N) is 1. The highest BCUT2D eigenvalue weighted by atomic mass is 16.5. The minimum absolute atomic E-state index is 0.431. The number of aryl methyl sites for hydroxylation is 1. The van der Waals surface area contributed by atoms with Crippen LogP contribution < -0.4 is 5.32 Å². The van der Waals surface area contributed by atoms with Gasteiger partial charge in [-0.05, 0) is 43.9 Å². The molecule has 2 unspecified atom stereocenters. The van der Waals surface area contributed by atoms with Crippen LogP contribution in [0.3, 0.4) is 0 Å². The van der Waals surface area contributed by atoms with Gasteiger partial charge >= 0.3 is 0 Å². The van der Waals surface area contributed by atoms with Crippen LogP contribution >= 0.6 is 0 Å². The van der Waals surface area contributed by atoms with E-state index >= 15 is 0 Å². The zero-order valence-electron chi connectivity index (χ0n) is 12.3. The highest BCUT2D eigenvalue weighted by molar-refractivity contribution is 5.25. The molecule has 1 aromatic carbocycles. The van der Waals surface area contributed by atoms with Crippen LogP contribution in [0.4, 0.5) is 0 Å². The third kappa shape index (κ3) is 4.05. The standard InChI is InChI=1S/C17H27NO/c1-3-4-6-14-8-10-15(11-9-14)17(18-2)16-7-5-12-19-13-16/h8-11,16-18H,3-7,12-13H2,1-2H3. The van der Waals surface area contributed by atoms with Crippen molar-refractivity contribution in [2.75, 3.05) is 20.3 Å². The van der Waals surface area contributed by atoms with Crippen LogP contribution in [-0.2, 0) is 11.2 Å². The molecule has 0 saturated carbocycles. The lowest BCUT2D eigenvalue weighted by Crippen LogP contribution is -2.31. The molecule has 0 bridgehead atoms. The second kappa shape index (κ2) is 7.66. The number of ether oxygens (including phenoxy) is 1. The summed E-state index contributed by atoms with van der Waals surface area (Å²) in [6, 6.07) is 9.60. The third-order valence-corrected chi connectivity index (χ3v) is 4.14. The summed E-state index contributed by atoms with van der Waals surface area (Å²) < 4.78 is 5.62. The Balaban J connectivity index is 2.01. The molecule has 0 aromatic heterocycles. The second-order valence-electron chi connectivity index (χ2n) is 5.59. The monoisotopic (exact) mass is 261 g/mol. The minimum Gasteiger partial charge on any atom is -0.381 e. The Bertz CT molecular complexity index is 354. The number of benzene rings is 1. The first-order valence-electron chi connectivity index (χ1n) is 7.69. The molecule has 19 heavy (non-hydrogen) atoms. The molecule has 0 radical (unpaired) electrons. The third-order valence-electron chi connectivity index (χ3n) is 4.14. The molecule has 0 amide bonds. The van der Waals surface area contributed by atoms with Crippen LogP contribution in [0.25, 0.3) is 0 Å². The van der Waals surface area contributed by atoms with Gasteiger partial charge in [0, 0.05) is 18.6 Å². The van der Waals surface area contributed by atoms with Gasteiger partial charge in [-0.2, -0.15) is 0 Å². The lowest BCUT2D eigenvalue weighted by Gasteiger charge is -2.30. The van der Waals surface area contributed by atoms with Gasteiger partial charge in [0.05, 0.1) is 6.61 Å². The summed E-state index contributed by atoms with van der Waals surface area (Å²) in [7, 11) is 2.06. The molecule has 1 fully saturated rings. The smallest absolute Gasteiger partial charge is 0.0512 e. The van der Waals surface area contributed by atoms with E-state index in [-0.39, 0.29) is 0 Å². The van der Waals surface area contributed by atoms with E-state index in [2.05, 4.69) is 43.6 Å². The molecular formula is C17H27NO. The van der Waals surface area contributed by atoms with E-state index in [0.717, 1.165) is 13.2 Å². The van der Waals surface area contributed by atoms with E-state index < -0.39 is 0 Å². The molecular weight excluding hydrogens is 234 g/mol. The fourth-order valence-corrected chi connectivity index (χ4v) is 2.98. The van der Waals surface area contributed by atoms with E-state index in [1.54, 1.807) is 0 Å². The number of rotatable bonds is 6. The summed E-state index contributed by atoms with van der Waals surface area (Å²) in [6.07, 6.45) is 6.21. The Kier molecular flexibility index (Phi) is 5.87. The molecule has 0 aliphatic carbocycles. The molecule has 2 nitrogen and oxygen atoms in total. The topological polar surface area (TPSA) is 21.3 Å². The highest BCUT2D eigenvalue weighted by Crippen LogP contribution is 2.28. The maximum atomic E-state index is 5.62. The van der Waals surface area contributed by atoms with Gasteiger partial charge in [-0.1, -0.05) is 37.6 Å². The quantitative estimate of drug-likeness (QED) is 0.842. The normalized spacial score (nSPS) is 21.3. The molecule has 2 atom stereocenters. The Labute approximate surface area is 117 Å². The molecule has 1 aromatic rings. The first-order chi connectivity index (χ1) is 9.35. The molecule has 1 aliphatic rings. The van der Waals surface area contributed by atoms with Gasteiger partial charge in [0.2, 0.25) is 0 Å². The summed E-state index contributed by atoms with van der Waals surface area (Å²) >= 11 is 0. The SMILES string of the molecule is CCCCc1ccc(C(NC)C2CCCOC2)cc1. The van der Waals surface area contributed by atoms with Gasteiger partial charge < -0.3 is 10.1 Å². The van der Waals surface area contributed by atoms with E-state index in [4.69, 9.17) is 4.74 Å². The molecule has 2 rings (SSSR count). The van der Waals surface area contributed by atoms with Crippen LogP contribution in [0.5, 0.6) is 0 Å². The molecule has 0 spiro atoms. The Hall–Kier alpha value is -0.860. The predicted octanol–water partition coefficient (Wildman–Crippen LogP) is 3.72. The average Bonchev–Trinajstić information content (AvgIpc) is 2.48. The largest absolute Gasteiger partial charge is 0.381 e. The summed E-state index contributed by atoms with van der Waals surface area (Å²) in [6.45, 7) is 4.07. The van der Waals surface area contributed by atoms with Crippen molar-refractivity contribution in [3.05, 3.63) is 35.4 Å². The van der Waals surface area contributed by atoms with E-state index in [1.807, 2.05) is 0 Å². The minimum atomic E-state index is 0.431. The van der Waals surface area contributed by atoms with Gasteiger partial charge in [-0.3, -0.25) is 0 Å². The first kappa shape index (κ1) is 14.5. The summed E-state index contributed by atoms with van der Waals surface area (Å²) in [5.74, 6) is 0.611. The molecule has 1 saturated heterocycles. The van der Waals surface area contributed by atoms with Crippen LogP contribution in [-0.4, -0.2) is 20.3 Å². The Morgan fingerprint density at radius 3 is 2.68 bits per heavy atom. The van der Waals surface area contributed by atoms with E-state index in [1.165, 1.54) is 43.2 Å².